The fourth-order valence-corrected chi connectivity index (χ4v) is 8.47. The number of aliphatic hydroxyl groups is 1. The Morgan fingerprint density at radius 3 is 2.33 bits per heavy atom. The lowest BCUT2D eigenvalue weighted by atomic mass is 10.0. The second-order valence-corrected chi connectivity index (χ2v) is 13.2. The van der Waals surface area contributed by atoms with Crippen LogP contribution in [-0.2, 0) is 19.5 Å². The Labute approximate surface area is 217 Å². The molecule has 6 rings (SSSR count). The van der Waals surface area contributed by atoms with Crippen molar-refractivity contribution >= 4 is 27.7 Å². The zero-order valence-corrected chi connectivity index (χ0v) is 21.9. The number of halogens is 1. The molecule has 36 heavy (non-hydrogen) atoms. The van der Waals surface area contributed by atoms with E-state index in [1.54, 1.807) is 33.5 Å². The number of carbonyl (C=O) groups excluding carboxylic acids is 1. The quantitative estimate of drug-likeness (QED) is 0.567. The van der Waals surface area contributed by atoms with Crippen molar-refractivity contribution in [1.29, 1.82) is 0 Å². The number of hydrogen-bond acceptors (Lipinski definition) is 7. The average molecular weight is 540 g/mol. The molecule has 2 aliphatic carbocycles. The number of benzene rings is 1. The van der Waals surface area contributed by atoms with Crippen molar-refractivity contribution < 1.29 is 27.8 Å². The first-order chi connectivity index (χ1) is 17.3. The number of hydrogen-bond donors (Lipinski definition) is 1. The van der Waals surface area contributed by atoms with Crippen LogP contribution in [0.3, 0.4) is 0 Å². The van der Waals surface area contributed by atoms with Crippen LogP contribution in [0.4, 0.5) is 4.79 Å². The molecular weight excluding hydrogens is 506 g/mol. The number of amides is 1. The number of likely N-dealkylation sites (tertiary alicyclic amines) is 1. The van der Waals surface area contributed by atoms with Gasteiger partial charge in [0.1, 0.15) is 5.60 Å². The molecule has 1 amide bonds. The molecule has 11 heteroatoms. The largest absolute Gasteiger partial charge is 0.441 e. The molecule has 5 fully saturated rings. The third-order valence-electron chi connectivity index (χ3n) is 8.64. The summed E-state index contributed by atoms with van der Waals surface area (Å²) in [7, 11) is -3.85. The number of carbonyl (C=O) groups is 1. The SMILES string of the molecule is O=C(OC1([C@H]2COC[C@@H](C3CC3)N2S(=O)(=O)c2ccc(Cl)cc2)CC1)N1CC2CCC(C1)N2CCO. The summed E-state index contributed by atoms with van der Waals surface area (Å²) >= 11 is 6.02. The topological polar surface area (TPSA) is 99.6 Å². The molecule has 0 radical (unpaired) electrons. The zero-order chi connectivity index (χ0) is 25.1. The van der Waals surface area contributed by atoms with Gasteiger partial charge in [0.2, 0.25) is 10.0 Å². The van der Waals surface area contributed by atoms with Gasteiger partial charge in [-0.3, -0.25) is 4.90 Å². The number of aliphatic hydroxyl groups excluding tert-OH is 1. The molecule has 2 saturated carbocycles. The zero-order valence-electron chi connectivity index (χ0n) is 20.3. The number of sulfonamides is 1. The fraction of sp³-hybridized carbons (Fsp3) is 0.720. The van der Waals surface area contributed by atoms with E-state index >= 15 is 0 Å². The third kappa shape index (κ3) is 4.43. The van der Waals surface area contributed by atoms with Gasteiger partial charge in [0.15, 0.2) is 0 Å². The molecule has 2 unspecified atom stereocenters. The number of piperazine rings is 1. The summed E-state index contributed by atoms with van der Waals surface area (Å²) in [5.41, 5.74) is -0.870. The van der Waals surface area contributed by atoms with E-state index in [2.05, 4.69) is 4.90 Å². The molecule has 5 aliphatic rings. The van der Waals surface area contributed by atoms with Crippen LogP contribution in [0.2, 0.25) is 5.02 Å². The van der Waals surface area contributed by atoms with Gasteiger partial charge in [-0.2, -0.15) is 4.31 Å². The smallest absolute Gasteiger partial charge is 0.410 e. The minimum atomic E-state index is -3.85. The normalized spacial score (nSPS) is 32.4. The second kappa shape index (κ2) is 9.39. The number of rotatable bonds is 7. The highest BCUT2D eigenvalue weighted by Crippen LogP contribution is 2.50. The van der Waals surface area contributed by atoms with Crippen molar-refractivity contribution in [3.63, 3.8) is 0 Å². The molecule has 4 atom stereocenters. The predicted octanol–water partition coefficient (Wildman–Crippen LogP) is 2.32. The number of ether oxygens (including phenoxy) is 2. The highest BCUT2D eigenvalue weighted by Gasteiger charge is 2.62. The van der Waals surface area contributed by atoms with E-state index in [1.165, 1.54) is 0 Å². The van der Waals surface area contributed by atoms with E-state index in [0.29, 0.717) is 44.1 Å². The molecule has 1 aromatic rings. The average Bonchev–Trinajstić information content (AvgIpc) is 3.79. The van der Waals surface area contributed by atoms with Crippen LogP contribution < -0.4 is 0 Å². The first-order valence-corrected chi connectivity index (χ1v) is 14.9. The van der Waals surface area contributed by atoms with Gasteiger partial charge in [-0.05, 0) is 68.7 Å². The first-order valence-electron chi connectivity index (χ1n) is 13.0. The van der Waals surface area contributed by atoms with Crippen LogP contribution in [0.5, 0.6) is 0 Å². The van der Waals surface area contributed by atoms with E-state index in [1.807, 2.05) is 0 Å². The van der Waals surface area contributed by atoms with Gasteiger partial charge in [-0.1, -0.05) is 11.6 Å². The molecule has 2 bridgehead atoms. The number of fused-ring (bicyclic) bond motifs is 2. The Balaban J connectivity index is 1.23. The Morgan fingerprint density at radius 1 is 1.08 bits per heavy atom. The van der Waals surface area contributed by atoms with Crippen molar-refractivity contribution in [2.45, 2.75) is 73.2 Å². The van der Waals surface area contributed by atoms with Crippen molar-refractivity contribution in [2.75, 3.05) is 39.5 Å². The van der Waals surface area contributed by atoms with Crippen LogP contribution in [0.25, 0.3) is 0 Å². The summed E-state index contributed by atoms with van der Waals surface area (Å²) in [6, 6.07) is 5.91. The van der Waals surface area contributed by atoms with Crippen molar-refractivity contribution in [1.82, 2.24) is 14.1 Å². The minimum Gasteiger partial charge on any atom is -0.441 e. The first kappa shape index (κ1) is 24.9. The highest BCUT2D eigenvalue weighted by molar-refractivity contribution is 7.89. The van der Waals surface area contributed by atoms with Crippen LogP contribution in [0.15, 0.2) is 29.2 Å². The molecule has 1 N–H and O–H groups in total. The summed E-state index contributed by atoms with van der Waals surface area (Å²) in [6.07, 6.45) is 4.83. The monoisotopic (exact) mass is 539 g/mol. The molecule has 0 spiro atoms. The molecule has 3 aliphatic heterocycles. The maximum absolute atomic E-state index is 14.0. The molecule has 1 aromatic carbocycles. The summed E-state index contributed by atoms with van der Waals surface area (Å²) in [4.78, 5) is 17.7. The van der Waals surface area contributed by atoms with Gasteiger partial charge in [0, 0.05) is 36.7 Å². The van der Waals surface area contributed by atoms with Gasteiger partial charge >= 0.3 is 6.09 Å². The number of morpholine rings is 1. The van der Waals surface area contributed by atoms with Crippen molar-refractivity contribution in [2.24, 2.45) is 5.92 Å². The lowest BCUT2D eigenvalue weighted by molar-refractivity contribution is -0.0781. The Bertz CT molecular complexity index is 1080. The lowest BCUT2D eigenvalue weighted by Gasteiger charge is -2.45. The van der Waals surface area contributed by atoms with E-state index in [-0.39, 0.29) is 48.2 Å². The molecule has 3 saturated heterocycles. The van der Waals surface area contributed by atoms with E-state index in [0.717, 1.165) is 25.7 Å². The molecular formula is C25H34ClN3O6S. The maximum atomic E-state index is 14.0. The highest BCUT2D eigenvalue weighted by atomic mass is 35.5. The summed E-state index contributed by atoms with van der Waals surface area (Å²) in [6.45, 7) is 2.45. The van der Waals surface area contributed by atoms with Crippen LogP contribution in [-0.4, -0.2) is 103 Å². The number of nitrogens with zero attached hydrogens (tertiary/aromatic N) is 3. The van der Waals surface area contributed by atoms with Gasteiger partial charge in [-0.25, -0.2) is 13.2 Å². The lowest BCUT2D eigenvalue weighted by Crippen LogP contribution is -2.62. The summed E-state index contributed by atoms with van der Waals surface area (Å²) in [5, 5.41) is 9.87. The van der Waals surface area contributed by atoms with Crippen molar-refractivity contribution in [3.05, 3.63) is 29.3 Å². The van der Waals surface area contributed by atoms with Crippen LogP contribution in [0.1, 0.15) is 38.5 Å². The Hall–Kier alpha value is -1.43. The van der Waals surface area contributed by atoms with E-state index in [4.69, 9.17) is 21.1 Å². The minimum absolute atomic E-state index is 0.113. The fourth-order valence-electron chi connectivity index (χ4n) is 6.45. The second-order valence-electron chi connectivity index (χ2n) is 10.9. The summed E-state index contributed by atoms with van der Waals surface area (Å²) < 4.78 is 41.7. The third-order valence-corrected chi connectivity index (χ3v) is 10.8. The maximum Gasteiger partial charge on any atom is 0.410 e. The molecule has 0 aromatic heterocycles. The predicted molar refractivity (Wildman–Crippen MR) is 132 cm³/mol. The van der Waals surface area contributed by atoms with Gasteiger partial charge in [0.25, 0.3) is 0 Å². The van der Waals surface area contributed by atoms with Gasteiger partial charge in [-0.15, -0.1) is 0 Å². The summed E-state index contributed by atoms with van der Waals surface area (Å²) in [5.74, 6) is 0.261. The standard InChI is InChI=1S/C25H34ClN3O6S/c26-18-3-7-21(8-4-18)36(32,33)29-22(17-1-2-17)15-34-16-23(29)25(9-10-25)35-24(31)27-13-19-5-6-20(14-27)28(19)11-12-30/h3-4,7-8,17,19-20,22-23,30H,1-2,5-6,9-16H2/t19?,20?,22-,23+/m0/s1. The Morgan fingerprint density at radius 2 is 1.75 bits per heavy atom. The molecule has 3 heterocycles. The molecule has 198 valence electrons. The van der Waals surface area contributed by atoms with Crippen LogP contribution >= 0.6 is 11.6 Å². The van der Waals surface area contributed by atoms with E-state index in [9.17, 15) is 18.3 Å². The van der Waals surface area contributed by atoms with Crippen LogP contribution in [0, 0.1) is 5.92 Å². The van der Waals surface area contributed by atoms with E-state index < -0.39 is 21.7 Å². The van der Waals surface area contributed by atoms with Gasteiger partial charge < -0.3 is 19.5 Å². The Kier molecular flexibility index (Phi) is 6.49. The van der Waals surface area contributed by atoms with Crippen molar-refractivity contribution in [3.8, 4) is 0 Å². The molecule has 9 nitrogen and oxygen atoms in total. The van der Waals surface area contributed by atoms with Gasteiger partial charge in [0.05, 0.1) is 36.8 Å².